The Morgan fingerprint density at radius 2 is 1.18 bits per heavy atom. The largest absolute Gasteiger partial charge is 0.444 e. The molecule has 0 aliphatic heterocycles. The number of unbranched alkanes of at least 4 members (excludes halogenated alkanes) is 9. The van der Waals surface area contributed by atoms with Crippen LogP contribution >= 0.6 is 0 Å². The van der Waals surface area contributed by atoms with E-state index in [0.717, 1.165) is 12.8 Å². The van der Waals surface area contributed by atoms with Crippen LogP contribution in [0.5, 0.6) is 0 Å². The average Bonchev–Trinajstić information content (AvgIpc) is 2.77. The maximum Gasteiger partial charge on any atom is 0.414 e. The van der Waals surface area contributed by atoms with Crippen molar-refractivity contribution in [3.63, 3.8) is 0 Å². The molecule has 1 atom stereocenters. The number of nitrogens with zero attached hydrogens (tertiary/aromatic N) is 1. The van der Waals surface area contributed by atoms with Crippen LogP contribution in [-0.4, -0.2) is 54.4 Å². The molecule has 222 valence electrons. The van der Waals surface area contributed by atoms with Gasteiger partial charge in [-0.2, -0.15) is 0 Å². The molecule has 5 N–H and O–H groups in total. The number of hydrogen-bond donors (Lipinski definition) is 4. The molecule has 0 aliphatic carbocycles. The Bertz CT molecular complexity index is 681. The van der Waals surface area contributed by atoms with Gasteiger partial charge in [0, 0.05) is 13.1 Å². The number of alkyl carbamates (subject to hydrolysis) is 2. The third-order valence-electron chi connectivity index (χ3n) is 5.35. The molecule has 0 spiro atoms. The molecule has 38 heavy (non-hydrogen) atoms. The Kier molecular flexibility index (Phi) is 18.4. The molecule has 3 amide bonds. The highest BCUT2D eigenvalue weighted by Gasteiger charge is 2.21. The SMILES string of the molecule is CCCCCCCCCCCCNC(=O)[C@@H](N)CCCN=C(NC(=O)OC(C)(C)C)NC(=O)OC(C)(C)C. The van der Waals surface area contributed by atoms with Crippen LogP contribution in [0.15, 0.2) is 4.99 Å². The lowest BCUT2D eigenvalue weighted by molar-refractivity contribution is -0.122. The molecular formula is C28H55N5O5. The fourth-order valence-electron chi connectivity index (χ4n) is 3.50. The summed E-state index contributed by atoms with van der Waals surface area (Å²) in [6.07, 6.45) is 11.9. The van der Waals surface area contributed by atoms with Crippen LogP contribution < -0.4 is 21.7 Å². The van der Waals surface area contributed by atoms with Crippen molar-refractivity contribution in [3.05, 3.63) is 0 Å². The molecule has 0 unspecified atom stereocenters. The van der Waals surface area contributed by atoms with E-state index in [0.29, 0.717) is 19.4 Å². The van der Waals surface area contributed by atoms with Gasteiger partial charge >= 0.3 is 12.2 Å². The van der Waals surface area contributed by atoms with Crippen LogP contribution in [0.4, 0.5) is 9.59 Å². The van der Waals surface area contributed by atoms with Crippen molar-refractivity contribution in [1.82, 2.24) is 16.0 Å². The van der Waals surface area contributed by atoms with Crippen LogP contribution in [0.1, 0.15) is 126 Å². The summed E-state index contributed by atoms with van der Waals surface area (Å²) in [7, 11) is 0. The van der Waals surface area contributed by atoms with Crippen molar-refractivity contribution in [2.45, 2.75) is 143 Å². The van der Waals surface area contributed by atoms with Gasteiger partial charge in [0.05, 0.1) is 6.04 Å². The quantitative estimate of drug-likeness (QED) is 0.115. The zero-order chi connectivity index (χ0) is 29.0. The van der Waals surface area contributed by atoms with Gasteiger partial charge in [0.2, 0.25) is 11.9 Å². The number of aliphatic imine (C=N–C) groups is 1. The van der Waals surface area contributed by atoms with Crippen molar-refractivity contribution in [3.8, 4) is 0 Å². The summed E-state index contributed by atoms with van der Waals surface area (Å²) in [4.78, 5) is 40.8. The molecule has 0 rings (SSSR count). The number of nitrogens with two attached hydrogens (primary N) is 1. The van der Waals surface area contributed by atoms with Crippen molar-refractivity contribution in [1.29, 1.82) is 0 Å². The number of amides is 3. The number of ether oxygens (including phenoxy) is 2. The van der Waals surface area contributed by atoms with E-state index in [-0.39, 0.29) is 18.4 Å². The number of nitrogens with one attached hydrogen (secondary N) is 3. The smallest absolute Gasteiger partial charge is 0.414 e. The van der Waals surface area contributed by atoms with Gasteiger partial charge in [0.15, 0.2) is 0 Å². The van der Waals surface area contributed by atoms with Gasteiger partial charge in [-0.05, 0) is 60.8 Å². The highest BCUT2D eigenvalue weighted by molar-refractivity contribution is 6.01. The maximum atomic E-state index is 12.3. The minimum atomic E-state index is -0.754. The first-order valence-electron chi connectivity index (χ1n) is 14.3. The molecule has 0 aliphatic rings. The lowest BCUT2D eigenvalue weighted by Gasteiger charge is -2.22. The van der Waals surface area contributed by atoms with Crippen LogP contribution in [0.2, 0.25) is 0 Å². The van der Waals surface area contributed by atoms with E-state index >= 15 is 0 Å². The summed E-state index contributed by atoms with van der Waals surface area (Å²) in [6.45, 7) is 13.5. The first-order valence-corrected chi connectivity index (χ1v) is 14.3. The molecule has 0 aromatic rings. The summed E-state index contributed by atoms with van der Waals surface area (Å²) < 4.78 is 10.4. The van der Waals surface area contributed by atoms with E-state index in [2.05, 4.69) is 27.9 Å². The molecule has 0 bridgehead atoms. The lowest BCUT2D eigenvalue weighted by atomic mass is 10.1. The minimum absolute atomic E-state index is 0.0903. The zero-order valence-corrected chi connectivity index (χ0v) is 25.0. The van der Waals surface area contributed by atoms with E-state index in [4.69, 9.17) is 15.2 Å². The number of carbonyl (C=O) groups is 3. The third kappa shape index (κ3) is 22.8. The van der Waals surface area contributed by atoms with Crippen molar-refractivity contribution < 1.29 is 23.9 Å². The highest BCUT2D eigenvalue weighted by atomic mass is 16.6. The predicted octanol–water partition coefficient (Wildman–Crippen LogP) is 5.54. The van der Waals surface area contributed by atoms with Gasteiger partial charge in [-0.1, -0.05) is 64.7 Å². The fourth-order valence-corrected chi connectivity index (χ4v) is 3.50. The predicted molar refractivity (Wildman–Crippen MR) is 153 cm³/mol. The summed E-state index contributed by atoms with van der Waals surface area (Å²) in [5, 5.41) is 7.77. The second-order valence-electron chi connectivity index (χ2n) is 11.7. The Balaban J connectivity index is 4.36. The Morgan fingerprint density at radius 3 is 1.63 bits per heavy atom. The van der Waals surface area contributed by atoms with Crippen molar-refractivity contribution in [2.24, 2.45) is 10.7 Å². The van der Waals surface area contributed by atoms with Gasteiger partial charge in [0.1, 0.15) is 11.2 Å². The topological polar surface area (TPSA) is 144 Å². The first-order chi connectivity index (χ1) is 17.7. The second-order valence-corrected chi connectivity index (χ2v) is 11.7. The highest BCUT2D eigenvalue weighted by Crippen LogP contribution is 2.10. The van der Waals surface area contributed by atoms with Crippen LogP contribution in [0.25, 0.3) is 0 Å². The number of guanidine groups is 1. The van der Waals surface area contributed by atoms with Crippen LogP contribution in [-0.2, 0) is 14.3 Å². The standard InChI is InChI=1S/C28H55N5O5/c1-8-9-10-11-12-13-14-15-16-17-20-30-23(34)22(29)19-18-21-31-24(32-25(35)37-27(2,3)4)33-26(36)38-28(5,6)7/h22H,8-21,29H2,1-7H3,(H,30,34)(H2,31,32,33,35,36)/t22-/m0/s1. The minimum Gasteiger partial charge on any atom is -0.444 e. The van der Waals surface area contributed by atoms with Gasteiger partial charge in [-0.15, -0.1) is 0 Å². The lowest BCUT2D eigenvalue weighted by Crippen LogP contribution is -2.47. The Labute approximate surface area is 230 Å². The van der Waals surface area contributed by atoms with Crippen molar-refractivity contribution >= 4 is 24.1 Å². The number of rotatable bonds is 16. The van der Waals surface area contributed by atoms with Gasteiger partial charge < -0.3 is 20.5 Å². The van der Waals surface area contributed by atoms with Crippen molar-refractivity contribution in [2.75, 3.05) is 13.1 Å². The number of hydrogen-bond acceptors (Lipinski definition) is 7. The molecule has 0 heterocycles. The molecule has 0 fully saturated rings. The van der Waals surface area contributed by atoms with Gasteiger partial charge in [-0.25, -0.2) is 9.59 Å². The summed E-state index contributed by atoms with van der Waals surface area (Å²) in [6, 6.07) is -0.644. The monoisotopic (exact) mass is 541 g/mol. The van der Waals surface area contributed by atoms with E-state index < -0.39 is 29.4 Å². The van der Waals surface area contributed by atoms with E-state index in [9.17, 15) is 14.4 Å². The fraction of sp³-hybridized carbons (Fsp3) is 0.857. The van der Waals surface area contributed by atoms with Crippen LogP contribution in [0.3, 0.4) is 0 Å². The van der Waals surface area contributed by atoms with Crippen LogP contribution in [0, 0.1) is 0 Å². The average molecular weight is 542 g/mol. The third-order valence-corrected chi connectivity index (χ3v) is 5.35. The zero-order valence-electron chi connectivity index (χ0n) is 25.0. The molecule has 0 saturated carbocycles. The molecule has 10 heteroatoms. The molecule has 0 saturated heterocycles. The van der Waals surface area contributed by atoms with E-state index in [1.165, 1.54) is 51.4 Å². The molecule has 0 aromatic heterocycles. The number of carbonyl (C=O) groups excluding carboxylic acids is 3. The second kappa shape index (κ2) is 19.7. The summed E-state index contributed by atoms with van der Waals surface area (Å²) >= 11 is 0. The summed E-state index contributed by atoms with van der Waals surface area (Å²) in [5.41, 5.74) is 4.60. The van der Waals surface area contributed by atoms with E-state index in [1.807, 2.05) is 0 Å². The van der Waals surface area contributed by atoms with E-state index in [1.54, 1.807) is 41.5 Å². The molecule has 10 nitrogen and oxygen atoms in total. The molecule has 0 aromatic carbocycles. The first kappa shape index (κ1) is 35.6. The molecular weight excluding hydrogens is 486 g/mol. The van der Waals surface area contributed by atoms with Gasteiger partial charge in [0.25, 0.3) is 0 Å². The summed E-state index contributed by atoms with van der Waals surface area (Å²) in [5.74, 6) is -0.267. The maximum absolute atomic E-state index is 12.3. The Hall–Kier alpha value is -2.36. The molecule has 0 radical (unpaired) electrons. The normalized spacial score (nSPS) is 12.3. The Morgan fingerprint density at radius 1 is 0.737 bits per heavy atom. The van der Waals surface area contributed by atoms with Gasteiger partial charge in [-0.3, -0.25) is 20.4 Å².